The van der Waals surface area contributed by atoms with Crippen molar-refractivity contribution in [2.24, 2.45) is 5.14 Å². The Kier molecular flexibility index (Phi) is 4.53. The molecule has 3 N–H and O–H groups in total. The molecule has 0 fully saturated rings. The molecule has 0 aliphatic carbocycles. The van der Waals surface area contributed by atoms with E-state index in [2.05, 4.69) is 21.2 Å². The van der Waals surface area contributed by atoms with Gasteiger partial charge in [0, 0.05) is 27.0 Å². The van der Waals surface area contributed by atoms with Crippen molar-refractivity contribution in [3.05, 3.63) is 44.1 Å². The van der Waals surface area contributed by atoms with E-state index >= 15 is 0 Å². The standard InChI is InChI=1S/C13H15BrN2O2S2/c1-8-3-12(20(15,17)18)5-13(9(8)2)16-6-11-4-10(14)7-19-11/h3-5,7,16H,6H2,1-2H3,(H2,15,17,18). The van der Waals surface area contributed by atoms with E-state index in [-0.39, 0.29) is 4.90 Å². The Morgan fingerprint density at radius 2 is 2.00 bits per heavy atom. The maximum Gasteiger partial charge on any atom is 0.238 e. The molecular formula is C13H15BrN2O2S2. The van der Waals surface area contributed by atoms with E-state index < -0.39 is 10.0 Å². The van der Waals surface area contributed by atoms with Gasteiger partial charge in [-0.3, -0.25) is 0 Å². The van der Waals surface area contributed by atoms with E-state index in [1.54, 1.807) is 23.5 Å². The predicted molar refractivity (Wildman–Crippen MR) is 86.6 cm³/mol. The van der Waals surface area contributed by atoms with Crippen LogP contribution in [0.3, 0.4) is 0 Å². The van der Waals surface area contributed by atoms with Gasteiger partial charge in [0.25, 0.3) is 0 Å². The van der Waals surface area contributed by atoms with Crippen LogP contribution in [-0.2, 0) is 16.6 Å². The number of halogens is 1. The monoisotopic (exact) mass is 374 g/mol. The molecule has 0 radical (unpaired) electrons. The molecule has 1 aromatic heterocycles. The van der Waals surface area contributed by atoms with Gasteiger partial charge >= 0.3 is 0 Å². The smallest absolute Gasteiger partial charge is 0.238 e. The number of thiophene rings is 1. The summed E-state index contributed by atoms with van der Waals surface area (Å²) in [7, 11) is -3.69. The molecule has 2 aromatic rings. The average molecular weight is 375 g/mol. The number of aryl methyl sites for hydroxylation is 1. The van der Waals surface area contributed by atoms with Gasteiger partial charge in [-0.1, -0.05) is 0 Å². The van der Waals surface area contributed by atoms with E-state index in [4.69, 9.17) is 5.14 Å². The number of nitrogens with two attached hydrogens (primary N) is 1. The Bertz CT molecular complexity index is 739. The predicted octanol–water partition coefficient (Wildman–Crippen LogP) is 3.39. The van der Waals surface area contributed by atoms with Gasteiger partial charge in [-0.15, -0.1) is 11.3 Å². The molecule has 0 amide bonds. The lowest BCUT2D eigenvalue weighted by Crippen LogP contribution is -2.13. The first kappa shape index (κ1) is 15.5. The number of anilines is 1. The SMILES string of the molecule is Cc1cc(S(N)(=O)=O)cc(NCc2cc(Br)cs2)c1C. The summed E-state index contributed by atoms with van der Waals surface area (Å²) in [5.74, 6) is 0. The van der Waals surface area contributed by atoms with Crippen LogP contribution < -0.4 is 10.5 Å². The third-order valence-corrected chi connectivity index (χ3v) is 5.63. The fourth-order valence-electron chi connectivity index (χ4n) is 1.80. The number of primary sulfonamides is 1. The van der Waals surface area contributed by atoms with Crippen molar-refractivity contribution in [3.63, 3.8) is 0 Å². The Balaban J connectivity index is 2.29. The molecule has 4 nitrogen and oxygen atoms in total. The van der Waals surface area contributed by atoms with Gasteiger partial charge in [0.2, 0.25) is 10.0 Å². The molecule has 108 valence electrons. The van der Waals surface area contributed by atoms with E-state index in [1.165, 1.54) is 0 Å². The number of benzene rings is 1. The normalized spacial score (nSPS) is 11.6. The molecule has 0 saturated carbocycles. The minimum Gasteiger partial charge on any atom is -0.380 e. The number of hydrogen-bond donors (Lipinski definition) is 2. The third kappa shape index (κ3) is 3.60. The molecule has 1 heterocycles. The van der Waals surface area contributed by atoms with Crippen LogP contribution in [-0.4, -0.2) is 8.42 Å². The first-order chi connectivity index (χ1) is 9.27. The van der Waals surface area contributed by atoms with Crippen LogP contribution in [0.1, 0.15) is 16.0 Å². The number of sulfonamides is 1. The molecule has 0 aliphatic heterocycles. The van der Waals surface area contributed by atoms with Gasteiger partial charge in [-0.25, -0.2) is 13.6 Å². The van der Waals surface area contributed by atoms with E-state index in [1.807, 2.05) is 25.3 Å². The van der Waals surface area contributed by atoms with Crippen molar-refractivity contribution >= 4 is 43.0 Å². The van der Waals surface area contributed by atoms with Crippen LogP contribution in [0.4, 0.5) is 5.69 Å². The first-order valence-electron chi connectivity index (χ1n) is 5.88. The van der Waals surface area contributed by atoms with Crippen molar-refractivity contribution in [1.82, 2.24) is 0 Å². The number of hydrogen-bond acceptors (Lipinski definition) is 4. The van der Waals surface area contributed by atoms with Gasteiger partial charge in [0.1, 0.15) is 0 Å². The van der Waals surface area contributed by atoms with Crippen molar-refractivity contribution < 1.29 is 8.42 Å². The van der Waals surface area contributed by atoms with Gasteiger partial charge in [-0.2, -0.15) is 0 Å². The zero-order valence-electron chi connectivity index (χ0n) is 11.1. The Morgan fingerprint density at radius 1 is 1.30 bits per heavy atom. The minimum atomic E-state index is -3.69. The van der Waals surface area contributed by atoms with Crippen LogP contribution in [0.25, 0.3) is 0 Å². The van der Waals surface area contributed by atoms with Crippen molar-refractivity contribution in [2.75, 3.05) is 5.32 Å². The van der Waals surface area contributed by atoms with Crippen LogP contribution in [0.2, 0.25) is 0 Å². The highest BCUT2D eigenvalue weighted by Crippen LogP contribution is 2.25. The second-order valence-corrected chi connectivity index (χ2v) is 8.02. The quantitative estimate of drug-likeness (QED) is 0.861. The lowest BCUT2D eigenvalue weighted by Gasteiger charge is -2.13. The Labute approximate surface area is 131 Å². The molecule has 0 aliphatic rings. The van der Waals surface area contributed by atoms with Gasteiger partial charge < -0.3 is 5.32 Å². The summed E-state index contributed by atoms with van der Waals surface area (Å²) in [6.07, 6.45) is 0. The Hall–Kier alpha value is -0.890. The summed E-state index contributed by atoms with van der Waals surface area (Å²) in [4.78, 5) is 1.30. The zero-order valence-corrected chi connectivity index (χ0v) is 14.3. The molecule has 20 heavy (non-hydrogen) atoms. The summed E-state index contributed by atoms with van der Waals surface area (Å²) < 4.78 is 24.0. The van der Waals surface area contributed by atoms with Crippen molar-refractivity contribution in [1.29, 1.82) is 0 Å². The molecule has 7 heteroatoms. The lowest BCUT2D eigenvalue weighted by molar-refractivity contribution is 0.597. The minimum absolute atomic E-state index is 0.135. The van der Waals surface area contributed by atoms with Crippen LogP contribution in [0, 0.1) is 13.8 Å². The second-order valence-electron chi connectivity index (χ2n) is 4.54. The third-order valence-electron chi connectivity index (χ3n) is 3.04. The summed E-state index contributed by atoms with van der Waals surface area (Å²) in [6, 6.07) is 5.21. The van der Waals surface area contributed by atoms with E-state index in [0.717, 1.165) is 26.2 Å². The van der Waals surface area contributed by atoms with Gasteiger partial charge in [0.05, 0.1) is 4.90 Å². The summed E-state index contributed by atoms with van der Waals surface area (Å²) in [6.45, 7) is 4.47. The van der Waals surface area contributed by atoms with Crippen LogP contribution in [0.5, 0.6) is 0 Å². The second kappa shape index (κ2) is 5.85. The average Bonchev–Trinajstić information content (AvgIpc) is 2.75. The van der Waals surface area contributed by atoms with Gasteiger partial charge in [0.15, 0.2) is 0 Å². The molecule has 1 aromatic carbocycles. The molecule has 0 saturated heterocycles. The summed E-state index contributed by atoms with van der Waals surface area (Å²) >= 11 is 5.05. The Morgan fingerprint density at radius 3 is 2.55 bits per heavy atom. The highest BCUT2D eigenvalue weighted by atomic mass is 79.9. The number of rotatable bonds is 4. The molecule has 0 spiro atoms. The van der Waals surface area contributed by atoms with E-state index in [0.29, 0.717) is 6.54 Å². The lowest BCUT2D eigenvalue weighted by atomic mass is 10.1. The van der Waals surface area contributed by atoms with Crippen LogP contribution >= 0.6 is 27.3 Å². The maximum absolute atomic E-state index is 11.5. The highest BCUT2D eigenvalue weighted by Gasteiger charge is 2.12. The van der Waals surface area contributed by atoms with E-state index in [9.17, 15) is 8.42 Å². The zero-order chi connectivity index (χ0) is 14.9. The summed E-state index contributed by atoms with van der Waals surface area (Å²) in [5.41, 5.74) is 2.71. The number of nitrogens with one attached hydrogen (secondary N) is 1. The molecule has 0 atom stereocenters. The fraction of sp³-hybridized carbons (Fsp3) is 0.231. The van der Waals surface area contributed by atoms with Crippen molar-refractivity contribution in [2.45, 2.75) is 25.3 Å². The highest BCUT2D eigenvalue weighted by molar-refractivity contribution is 9.10. The van der Waals surface area contributed by atoms with Crippen molar-refractivity contribution in [3.8, 4) is 0 Å². The topological polar surface area (TPSA) is 72.2 Å². The molecular weight excluding hydrogens is 360 g/mol. The largest absolute Gasteiger partial charge is 0.380 e. The molecule has 0 bridgehead atoms. The molecule has 2 rings (SSSR count). The first-order valence-corrected chi connectivity index (χ1v) is 9.10. The molecule has 0 unspecified atom stereocenters. The maximum atomic E-state index is 11.5. The fourth-order valence-corrected chi connectivity index (χ4v) is 3.82. The van der Waals surface area contributed by atoms with Gasteiger partial charge in [-0.05, 0) is 59.1 Å². The summed E-state index contributed by atoms with van der Waals surface area (Å²) in [5, 5.41) is 10.5. The van der Waals surface area contributed by atoms with Crippen LogP contribution in [0.15, 0.2) is 32.9 Å².